The maximum Gasteiger partial charge on any atom is 0.459 e. The number of carbonyl (C=O) groups is 1. The van der Waals surface area contributed by atoms with Gasteiger partial charge in [0.05, 0.1) is 18.9 Å². The topological polar surface area (TPSA) is 184 Å². The number of aromatic amines is 1. The third kappa shape index (κ3) is 6.54. The molecule has 3 rings (SSSR count). The SMILES string of the molecule is CC(C)OC(=O)[C@H](C)N[P@](=O)(OC[C@H]1O[C@@H](n2cc(F)c(=O)[nH]c2=O)[C@@](N)(CF)C1O)Oc1ccccc1. The van der Waals surface area contributed by atoms with Crippen molar-refractivity contribution in [2.24, 2.45) is 5.73 Å². The van der Waals surface area contributed by atoms with E-state index in [1.54, 1.807) is 37.0 Å². The molecular weight excluding hydrogens is 533 g/mol. The van der Waals surface area contributed by atoms with Gasteiger partial charge in [0, 0.05) is 0 Å². The number of alkyl halides is 1. The Hall–Kier alpha value is -2.94. The minimum absolute atomic E-state index is 0.103. The number of hydrogen-bond donors (Lipinski definition) is 4. The molecule has 16 heteroatoms. The van der Waals surface area contributed by atoms with Crippen LogP contribution in [0.25, 0.3) is 0 Å². The van der Waals surface area contributed by atoms with Crippen LogP contribution in [0, 0.1) is 5.82 Å². The van der Waals surface area contributed by atoms with Gasteiger partial charge in [0.25, 0.3) is 5.56 Å². The summed E-state index contributed by atoms with van der Waals surface area (Å²) in [5.41, 5.74) is 1.23. The number of aliphatic hydroxyl groups excluding tert-OH is 1. The number of rotatable bonds is 11. The number of halogens is 2. The number of benzene rings is 1. The fourth-order valence-corrected chi connectivity index (χ4v) is 5.10. The Kier molecular flexibility index (Phi) is 9.23. The first kappa shape index (κ1) is 29.6. The van der Waals surface area contributed by atoms with Gasteiger partial charge in [0.2, 0.25) is 5.82 Å². The highest BCUT2D eigenvalue weighted by atomic mass is 31.2. The van der Waals surface area contributed by atoms with Gasteiger partial charge in [-0.2, -0.15) is 9.48 Å². The number of hydrogen-bond acceptors (Lipinski definition) is 10. The Labute approximate surface area is 215 Å². The highest BCUT2D eigenvalue weighted by Gasteiger charge is 2.56. The fourth-order valence-electron chi connectivity index (χ4n) is 3.60. The molecule has 0 saturated carbocycles. The molecule has 1 unspecified atom stereocenters. The van der Waals surface area contributed by atoms with Crippen molar-refractivity contribution in [2.75, 3.05) is 13.3 Å². The van der Waals surface area contributed by atoms with Crippen molar-refractivity contribution >= 4 is 13.7 Å². The number of para-hydroxylation sites is 1. The Morgan fingerprint density at radius 2 is 1.97 bits per heavy atom. The van der Waals surface area contributed by atoms with E-state index in [2.05, 4.69) is 5.09 Å². The molecule has 5 N–H and O–H groups in total. The standard InChI is InChI=1S/C22H29F2N4O9P/c1-12(2)35-19(31)13(3)27-38(33,37-14-7-5-4-6-8-14)34-10-16-17(29)22(25,11-23)20(36-16)28-9-15(24)18(30)26-21(28)32/h4-9,12-13,16-17,20,29H,10-11,25H2,1-3H3,(H,27,33)(H,26,30,32)/t13-,16+,17?,20+,22+,38-/m0/s1. The molecule has 0 aliphatic carbocycles. The summed E-state index contributed by atoms with van der Waals surface area (Å²) in [4.78, 5) is 37.6. The van der Waals surface area contributed by atoms with Gasteiger partial charge in [-0.1, -0.05) is 18.2 Å². The lowest BCUT2D eigenvalue weighted by Gasteiger charge is -2.30. The van der Waals surface area contributed by atoms with E-state index >= 15 is 0 Å². The van der Waals surface area contributed by atoms with E-state index in [0.717, 1.165) is 0 Å². The van der Waals surface area contributed by atoms with Crippen molar-refractivity contribution in [3.63, 3.8) is 0 Å². The van der Waals surface area contributed by atoms with Crippen LogP contribution >= 0.6 is 7.75 Å². The number of carbonyl (C=O) groups excluding carboxylic acids is 1. The quantitative estimate of drug-likeness (QED) is 0.224. The molecule has 1 fully saturated rings. The highest BCUT2D eigenvalue weighted by Crippen LogP contribution is 2.46. The molecule has 0 radical (unpaired) electrons. The zero-order valence-electron chi connectivity index (χ0n) is 20.7. The molecule has 1 aromatic carbocycles. The smallest absolute Gasteiger partial charge is 0.459 e. The molecule has 6 atom stereocenters. The zero-order valence-corrected chi connectivity index (χ0v) is 21.6. The first-order valence-corrected chi connectivity index (χ1v) is 13.0. The predicted molar refractivity (Wildman–Crippen MR) is 129 cm³/mol. The van der Waals surface area contributed by atoms with Crippen molar-refractivity contribution in [1.29, 1.82) is 0 Å². The van der Waals surface area contributed by atoms with Gasteiger partial charge in [-0.05, 0) is 32.9 Å². The van der Waals surface area contributed by atoms with Crippen molar-refractivity contribution in [1.82, 2.24) is 14.6 Å². The number of ether oxygens (including phenoxy) is 2. The first-order valence-electron chi connectivity index (χ1n) is 11.5. The van der Waals surface area contributed by atoms with E-state index in [1.807, 2.05) is 0 Å². The summed E-state index contributed by atoms with van der Waals surface area (Å²) in [5.74, 6) is -2.03. The summed E-state index contributed by atoms with van der Waals surface area (Å²) in [6, 6.07) is 6.63. The molecule has 2 heterocycles. The summed E-state index contributed by atoms with van der Waals surface area (Å²) in [6.07, 6.45) is -5.13. The molecule has 1 aromatic heterocycles. The molecule has 1 aliphatic heterocycles. The van der Waals surface area contributed by atoms with E-state index < -0.39 is 80.2 Å². The third-order valence-electron chi connectivity index (χ3n) is 5.51. The third-order valence-corrected chi connectivity index (χ3v) is 7.15. The Balaban J connectivity index is 1.85. The molecular formula is C22H29F2N4O9P. The van der Waals surface area contributed by atoms with Crippen LogP contribution in [0.2, 0.25) is 0 Å². The number of esters is 1. The predicted octanol–water partition coefficient (Wildman–Crippen LogP) is 0.734. The molecule has 210 valence electrons. The largest absolute Gasteiger partial charge is 0.462 e. The fraction of sp³-hybridized carbons (Fsp3) is 0.500. The summed E-state index contributed by atoms with van der Waals surface area (Å²) in [6.45, 7) is 2.44. The maximum atomic E-state index is 14.1. The number of aliphatic hydroxyl groups is 1. The van der Waals surface area contributed by atoms with Gasteiger partial charge < -0.3 is 24.8 Å². The van der Waals surface area contributed by atoms with Crippen molar-refractivity contribution in [2.45, 2.75) is 56.9 Å². The van der Waals surface area contributed by atoms with Crippen molar-refractivity contribution in [3.8, 4) is 5.75 Å². The van der Waals surface area contributed by atoms with Crippen LogP contribution in [0.1, 0.15) is 27.0 Å². The number of nitrogens with two attached hydrogens (primary N) is 1. The van der Waals surface area contributed by atoms with Gasteiger partial charge in [0.15, 0.2) is 6.23 Å². The minimum Gasteiger partial charge on any atom is -0.462 e. The van der Waals surface area contributed by atoms with Crippen LogP contribution in [-0.2, 0) is 23.4 Å². The molecule has 1 saturated heterocycles. The molecule has 13 nitrogen and oxygen atoms in total. The van der Waals surface area contributed by atoms with E-state index in [0.29, 0.717) is 10.8 Å². The van der Waals surface area contributed by atoms with Crippen molar-refractivity contribution < 1.29 is 41.8 Å². The number of nitrogens with one attached hydrogen (secondary N) is 2. The molecule has 38 heavy (non-hydrogen) atoms. The normalized spacial score (nSPS) is 25.6. The highest BCUT2D eigenvalue weighted by molar-refractivity contribution is 7.52. The van der Waals surface area contributed by atoms with Gasteiger partial charge in [-0.3, -0.25) is 23.7 Å². The zero-order chi connectivity index (χ0) is 28.3. The summed E-state index contributed by atoms with van der Waals surface area (Å²) in [7, 11) is -4.39. The van der Waals surface area contributed by atoms with E-state index in [4.69, 9.17) is 24.3 Å². The minimum atomic E-state index is -4.39. The van der Waals surface area contributed by atoms with Crippen LogP contribution in [-0.4, -0.2) is 63.8 Å². The molecule has 0 spiro atoms. The maximum absolute atomic E-state index is 14.1. The van der Waals surface area contributed by atoms with Crippen LogP contribution in [0.5, 0.6) is 5.75 Å². The van der Waals surface area contributed by atoms with Crippen molar-refractivity contribution in [3.05, 3.63) is 63.2 Å². The Morgan fingerprint density at radius 3 is 2.58 bits per heavy atom. The van der Waals surface area contributed by atoms with Gasteiger partial charge >= 0.3 is 19.4 Å². The molecule has 0 bridgehead atoms. The summed E-state index contributed by atoms with van der Waals surface area (Å²) < 4.78 is 63.6. The molecule has 1 aliphatic rings. The summed E-state index contributed by atoms with van der Waals surface area (Å²) >= 11 is 0. The van der Waals surface area contributed by atoms with E-state index in [-0.39, 0.29) is 5.75 Å². The second-order valence-electron chi connectivity index (χ2n) is 8.90. The van der Waals surface area contributed by atoms with Gasteiger partial charge in [-0.15, -0.1) is 0 Å². The number of nitrogens with zero attached hydrogens (tertiary/aromatic N) is 1. The summed E-state index contributed by atoms with van der Waals surface area (Å²) in [5, 5.41) is 13.2. The van der Waals surface area contributed by atoms with E-state index in [1.165, 1.54) is 19.1 Å². The lowest BCUT2D eigenvalue weighted by Crippen LogP contribution is -2.58. The average Bonchev–Trinajstić information content (AvgIpc) is 3.10. The van der Waals surface area contributed by atoms with E-state index in [9.17, 15) is 32.8 Å². The lowest BCUT2D eigenvalue weighted by atomic mass is 9.92. The van der Waals surface area contributed by atoms with Gasteiger partial charge in [0.1, 0.15) is 36.2 Å². The molecule has 2 aromatic rings. The second-order valence-corrected chi connectivity index (χ2v) is 10.6. The van der Waals surface area contributed by atoms with Crippen LogP contribution < -0.4 is 26.6 Å². The van der Waals surface area contributed by atoms with Crippen LogP contribution in [0.3, 0.4) is 0 Å². The second kappa shape index (κ2) is 11.8. The Morgan fingerprint density at radius 1 is 1.32 bits per heavy atom. The monoisotopic (exact) mass is 562 g/mol. The Bertz CT molecular complexity index is 1290. The van der Waals surface area contributed by atoms with Crippen LogP contribution in [0.4, 0.5) is 8.78 Å². The average molecular weight is 562 g/mol. The van der Waals surface area contributed by atoms with Gasteiger partial charge in [-0.25, -0.2) is 13.8 Å². The number of H-pyrrole nitrogens is 1. The number of aromatic nitrogens is 2. The lowest BCUT2D eigenvalue weighted by molar-refractivity contribution is -0.149. The van der Waals surface area contributed by atoms with Crippen LogP contribution in [0.15, 0.2) is 46.1 Å². The molecule has 0 amide bonds. The first-order chi connectivity index (χ1) is 17.8.